The smallest absolute Gasteiger partial charge is 0.305 e. The predicted molar refractivity (Wildman–Crippen MR) is 84.0 cm³/mol. The number of carbonyl (C=O) groups excluding carboxylic acids is 2. The van der Waals surface area contributed by atoms with Gasteiger partial charge in [-0.2, -0.15) is 0 Å². The first-order chi connectivity index (χ1) is 9.85. The highest BCUT2D eigenvalue weighted by Gasteiger charge is 2.14. The number of hydrogen-bond acceptors (Lipinski definition) is 4. The normalized spacial score (nSPS) is 11.2. The van der Waals surface area contributed by atoms with E-state index in [4.69, 9.17) is 9.47 Å². The third-order valence-electron chi connectivity index (χ3n) is 2.94. The zero-order valence-corrected chi connectivity index (χ0v) is 14.2. The number of rotatable bonds is 11. The van der Waals surface area contributed by atoms with E-state index in [-0.39, 0.29) is 23.8 Å². The monoisotopic (exact) mass is 300 g/mol. The molecule has 4 heteroatoms. The summed E-state index contributed by atoms with van der Waals surface area (Å²) < 4.78 is 10.3. The third-order valence-corrected chi connectivity index (χ3v) is 2.94. The lowest BCUT2D eigenvalue weighted by Gasteiger charge is -2.17. The van der Waals surface area contributed by atoms with E-state index in [2.05, 4.69) is 6.92 Å². The highest BCUT2D eigenvalue weighted by molar-refractivity contribution is 5.72. The Morgan fingerprint density at radius 3 is 1.95 bits per heavy atom. The first-order valence-corrected chi connectivity index (χ1v) is 8.16. The van der Waals surface area contributed by atoms with E-state index in [0.29, 0.717) is 26.1 Å². The molecule has 0 aromatic rings. The highest BCUT2D eigenvalue weighted by atomic mass is 16.5. The second-order valence-corrected chi connectivity index (χ2v) is 6.71. The molecule has 0 atom stereocenters. The number of hydrogen-bond donors (Lipinski definition) is 0. The maximum Gasteiger partial charge on any atom is 0.305 e. The van der Waals surface area contributed by atoms with E-state index >= 15 is 0 Å². The van der Waals surface area contributed by atoms with E-state index in [9.17, 15) is 9.59 Å². The minimum atomic E-state index is -0.239. The van der Waals surface area contributed by atoms with Crippen LogP contribution < -0.4 is 0 Å². The van der Waals surface area contributed by atoms with Gasteiger partial charge in [0.2, 0.25) is 0 Å². The van der Waals surface area contributed by atoms with Gasteiger partial charge in [0.25, 0.3) is 0 Å². The molecule has 0 aromatic heterocycles. The average Bonchev–Trinajstić information content (AvgIpc) is 2.39. The molecular weight excluding hydrogens is 268 g/mol. The summed E-state index contributed by atoms with van der Waals surface area (Å²) in [6.45, 7) is 9.12. The molecule has 0 radical (unpaired) electrons. The number of esters is 2. The molecule has 0 spiro atoms. The van der Waals surface area contributed by atoms with Crippen LogP contribution in [0.5, 0.6) is 0 Å². The van der Waals surface area contributed by atoms with Crippen LogP contribution >= 0.6 is 0 Å². The van der Waals surface area contributed by atoms with Crippen LogP contribution in [0.4, 0.5) is 0 Å². The molecule has 0 aliphatic carbocycles. The molecular formula is C17H32O4. The molecule has 0 aromatic carbocycles. The van der Waals surface area contributed by atoms with Gasteiger partial charge < -0.3 is 9.47 Å². The lowest BCUT2D eigenvalue weighted by Crippen LogP contribution is -2.18. The lowest BCUT2D eigenvalue weighted by molar-refractivity contribution is -0.147. The van der Waals surface area contributed by atoms with Crippen molar-refractivity contribution >= 4 is 11.9 Å². The Morgan fingerprint density at radius 2 is 1.38 bits per heavy atom. The van der Waals surface area contributed by atoms with Gasteiger partial charge in [-0.1, -0.05) is 53.4 Å². The molecule has 0 aliphatic rings. The van der Waals surface area contributed by atoms with Gasteiger partial charge in [0.15, 0.2) is 0 Å². The second-order valence-electron chi connectivity index (χ2n) is 6.71. The Labute approximate surface area is 129 Å². The quantitative estimate of drug-likeness (QED) is 0.422. The summed E-state index contributed by atoms with van der Waals surface area (Å²) in [5.74, 6) is -0.452. The molecule has 0 amide bonds. The summed E-state index contributed by atoms with van der Waals surface area (Å²) in [4.78, 5) is 22.9. The van der Waals surface area contributed by atoms with E-state index in [1.165, 1.54) is 19.3 Å². The number of ether oxygens (including phenoxy) is 2. The average molecular weight is 300 g/mol. The van der Waals surface area contributed by atoms with Gasteiger partial charge in [0.05, 0.1) is 13.2 Å². The fourth-order valence-corrected chi connectivity index (χ4v) is 1.71. The van der Waals surface area contributed by atoms with Crippen LogP contribution in [-0.2, 0) is 19.1 Å². The maximum atomic E-state index is 11.5. The van der Waals surface area contributed by atoms with E-state index in [1.54, 1.807) is 0 Å². The Balaban J connectivity index is 3.46. The van der Waals surface area contributed by atoms with Crippen LogP contribution in [0.3, 0.4) is 0 Å². The van der Waals surface area contributed by atoms with Gasteiger partial charge in [-0.3, -0.25) is 9.59 Å². The van der Waals surface area contributed by atoms with Crippen molar-refractivity contribution in [3.05, 3.63) is 0 Å². The fraction of sp³-hybridized carbons (Fsp3) is 0.882. The van der Waals surface area contributed by atoms with Crippen LogP contribution in [0, 0.1) is 5.41 Å². The second kappa shape index (κ2) is 11.6. The van der Waals surface area contributed by atoms with Crippen molar-refractivity contribution in [2.75, 3.05) is 13.2 Å². The first kappa shape index (κ1) is 19.9. The zero-order valence-electron chi connectivity index (χ0n) is 14.2. The maximum absolute atomic E-state index is 11.5. The summed E-state index contributed by atoms with van der Waals surface area (Å²) in [6, 6.07) is 0. The molecule has 21 heavy (non-hydrogen) atoms. The van der Waals surface area contributed by atoms with Gasteiger partial charge in [-0.05, 0) is 18.3 Å². The minimum absolute atomic E-state index is 0.0215. The Morgan fingerprint density at radius 1 is 0.810 bits per heavy atom. The van der Waals surface area contributed by atoms with Crippen molar-refractivity contribution in [1.82, 2.24) is 0 Å². The van der Waals surface area contributed by atoms with Crippen molar-refractivity contribution < 1.29 is 19.1 Å². The van der Waals surface area contributed by atoms with Gasteiger partial charge in [0.1, 0.15) is 0 Å². The molecule has 4 nitrogen and oxygen atoms in total. The molecule has 0 heterocycles. The zero-order chi connectivity index (χ0) is 16.1. The number of unbranched alkanes of at least 4 members (excludes halogenated alkanes) is 4. The summed E-state index contributed by atoms with van der Waals surface area (Å²) in [6.07, 6.45) is 6.77. The molecule has 0 saturated carbocycles. The van der Waals surface area contributed by atoms with E-state index < -0.39 is 0 Å². The van der Waals surface area contributed by atoms with Crippen LogP contribution in [0.15, 0.2) is 0 Å². The van der Waals surface area contributed by atoms with Crippen molar-refractivity contribution in [3.8, 4) is 0 Å². The molecule has 0 unspecified atom stereocenters. The van der Waals surface area contributed by atoms with Crippen molar-refractivity contribution in [2.24, 2.45) is 5.41 Å². The van der Waals surface area contributed by atoms with Crippen LogP contribution in [-0.4, -0.2) is 25.2 Å². The molecule has 0 saturated heterocycles. The Hall–Kier alpha value is -1.06. The topological polar surface area (TPSA) is 52.6 Å². The van der Waals surface area contributed by atoms with Crippen molar-refractivity contribution in [2.45, 2.75) is 79.1 Å². The Bertz CT molecular complexity index is 292. The fourth-order valence-electron chi connectivity index (χ4n) is 1.71. The van der Waals surface area contributed by atoms with Crippen LogP contribution in [0.25, 0.3) is 0 Å². The number of carbonyl (C=O) groups is 2. The Kier molecular flexibility index (Phi) is 11.0. The van der Waals surface area contributed by atoms with Crippen molar-refractivity contribution in [3.63, 3.8) is 0 Å². The van der Waals surface area contributed by atoms with Gasteiger partial charge in [-0.15, -0.1) is 0 Å². The predicted octanol–water partition coefficient (Wildman–Crippen LogP) is 4.26. The molecule has 0 fully saturated rings. The largest absolute Gasteiger partial charge is 0.466 e. The first-order valence-electron chi connectivity index (χ1n) is 8.16. The third kappa shape index (κ3) is 15.2. The summed E-state index contributed by atoms with van der Waals surface area (Å²) in [5, 5.41) is 0. The standard InChI is InChI=1S/C17H32O4/c1-5-6-7-8-9-13-20-15(18)11-10-12-16(19)21-14-17(2,3)4/h5-14H2,1-4H3. The summed E-state index contributed by atoms with van der Waals surface area (Å²) in [7, 11) is 0. The van der Waals surface area contributed by atoms with E-state index in [1.807, 2.05) is 20.8 Å². The van der Waals surface area contributed by atoms with E-state index in [0.717, 1.165) is 12.8 Å². The van der Waals surface area contributed by atoms with Crippen molar-refractivity contribution in [1.29, 1.82) is 0 Å². The molecule has 0 N–H and O–H groups in total. The minimum Gasteiger partial charge on any atom is -0.466 e. The summed E-state index contributed by atoms with van der Waals surface area (Å²) in [5.41, 5.74) is -0.0215. The summed E-state index contributed by atoms with van der Waals surface area (Å²) >= 11 is 0. The van der Waals surface area contributed by atoms with Crippen LogP contribution in [0.1, 0.15) is 79.1 Å². The highest BCUT2D eigenvalue weighted by Crippen LogP contribution is 2.13. The van der Waals surface area contributed by atoms with Gasteiger partial charge >= 0.3 is 11.9 Å². The van der Waals surface area contributed by atoms with Gasteiger partial charge in [-0.25, -0.2) is 0 Å². The van der Waals surface area contributed by atoms with Crippen LogP contribution in [0.2, 0.25) is 0 Å². The molecule has 0 aliphatic heterocycles. The molecule has 0 bridgehead atoms. The van der Waals surface area contributed by atoms with Gasteiger partial charge in [0, 0.05) is 12.8 Å². The lowest BCUT2D eigenvalue weighted by atomic mass is 9.99. The molecule has 124 valence electrons. The SMILES string of the molecule is CCCCCCCOC(=O)CCCC(=O)OCC(C)(C)C. The molecule has 0 rings (SSSR count).